The highest BCUT2D eigenvalue weighted by atomic mass is 32.1. The van der Waals surface area contributed by atoms with Crippen molar-refractivity contribution in [3.8, 4) is 0 Å². The average Bonchev–Trinajstić information content (AvgIpc) is 3.16. The number of nitrogens with one attached hydrogen (secondary N) is 2. The first-order valence-electron chi connectivity index (χ1n) is 8.23. The predicted molar refractivity (Wildman–Crippen MR) is 94.6 cm³/mol. The van der Waals surface area contributed by atoms with Crippen LogP contribution in [0.15, 0.2) is 10.4 Å². The number of aliphatic imine (C=N–C) groups is 1. The molecule has 0 bridgehead atoms. The van der Waals surface area contributed by atoms with Crippen LogP contribution >= 0.6 is 11.3 Å². The Morgan fingerprint density at radius 1 is 1.50 bits per heavy atom. The van der Waals surface area contributed by atoms with E-state index in [0.717, 1.165) is 36.5 Å². The predicted octanol–water partition coefficient (Wildman–Crippen LogP) is 2.27. The number of hydrogen-bond donors (Lipinski definition) is 2. The number of nitrogens with zero attached hydrogens (tertiary/aromatic N) is 3. The zero-order valence-electron chi connectivity index (χ0n) is 14.2. The first kappa shape index (κ1) is 17.2. The molecule has 0 saturated carbocycles. The van der Waals surface area contributed by atoms with Gasteiger partial charge in [0.05, 0.1) is 12.2 Å². The fourth-order valence-corrected chi connectivity index (χ4v) is 3.55. The van der Waals surface area contributed by atoms with Gasteiger partial charge in [0, 0.05) is 25.5 Å². The lowest BCUT2D eigenvalue weighted by Gasteiger charge is -2.16. The van der Waals surface area contributed by atoms with Crippen LogP contribution in [0.1, 0.15) is 43.8 Å². The van der Waals surface area contributed by atoms with Crippen LogP contribution in [0.5, 0.6) is 0 Å². The van der Waals surface area contributed by atoms with E-state index >= 15 is 0 Å². The van der Waals surface area contributed by atoms with Crippen molar-refractivity contribution < 1.29 is 0 Å². The molecule has 1 aliphatic rings. The van der Waals surface area contributed by atoms with E-state index in [1.165, 1.54) is 25.2 Å². The second-order valence-electron chi connectivity index (χ2n) is 6.18. The minimum Gasteiger partial charge on any atom is -0.356 e. The Morgan fingerprint density at radius 3 is 2.91 bits per heavy atom. The second-order valence-corrected chi connectivity index (χ2v) is 7.12. The van der Waals surface area contributed by atoms with Gasteiger partial charge in [-0.1, -0.05) is 20.8 Å². The van der Waals surface area contributed by atoms with Gasteiger partial charge in [-0.3, -0.25) is 4.99 Å². The molecular formula is C16H29N5S. The van der Waals surface area contributed by atoms with E-state index in [1.54, 1.807) is 11.3 Å². The molecule has 0 amide bonds. The molecule has 0 aromatic carbocycles. The van der Waals surface area contributed by atoms with Gasteiger partial charge < -0.3 is 15.5 Å². The lowest BCUT2D eigenvalue weighted by Crippen LogP contribution is -2.39. The van der Waals surface area contributed by atoms with Crippen LogP contribution in [0.4, 0.5) is 0 Å². The fraction of sp³-hybridized carbons (Fsp3) is 0.750. The maximum atomic E-state index is 4.64. The SMILES string of the molecule is CCN1CCC(CNC(=NC)NCc2nc(C(C)C)cs2)C1. The third-order valence-electron chi connectivity index (χ3n) is 4.17. The van der Waals surface area contributed by atoms with Crippen molar-refractivity contribution in [1.29, 1.82) is 0 Å². The minimum atomic E-state index is 0.492. The van der Waals surface area contributed by atoms with Crippen LogP contribution in [-0.2, 0) is 6.54 Å². The van der Waals surface area contributed by atoms with Gasteiger partial charge in [-0.05, 0) is 31.3 Å². The third-order valence-corrected chi connectivity index (χ3v) is 5.03. The molecule has 1 aromatic heterocycles. The summed E-state index contributed by atoms with van der Waals surface area (Å²) in [7, 11) is 1.82. The van der Waals surface area contributed by atoms with Crippen molar-refractivity contribution in [2.75, 3.05) is 33.2 Å². The first-order valence-corrected chi connectivity index (χ1v) is 9.11. The number of rotatable bonds is 6. The molecule has 0 radical (unpaired) electrons. The van der Waals surface area contributed by atoms with Crippen LogP contribution in [0.2, 0.25) is 0 Å². The van der Waals surface area contributed by atoms with Gasteiger partial charge in [-0.2, -0.15) is 0 Å². The first-order chi connectivity index (χ1) is 10.6. The summed E-state index contributed by atoms with van der Waals surface area (Å²) in [5.74, 6) is 2.09. The Bertz CT molecular complexity index is 483. The highest BCUT2D eigenvalue weighted by molar-refractivity contribution is 7.09. The maximum Gasteiger partial charge on any atom is 0.191 e. The zero-order valence-corrected chi connectivity index (χ0v) is 15.0. The lowest BCUT2D eigenvalue weighted by atomic mass is 10.1. The molecule has 1 saturated heterocycles. The van der Waals surface area contributed by atoms with Gasteiger partial charge in [-0.15, -0.1) is 11.3 Å². The summed E-state index contributed by atoms with van der Waals surface area (Å²) >= 11 is 1.71. The summed E-state index contributed by atoms with van der Waals surface area (Å²) in [4.78, 5) is 11.4. The van der Waals surface area contributed by atoms with Crippen LogP contribution in [-0.4, -0.2) is 49.1 Å². The Hall–Kier alpha value is -1.14. The summed E-state index contributed by atoms with van der Waals surface area (Å²) in [5, 5.41) is 10.1. The molecule has 1 aromatic rings. The number of guanidine groups is 1. The Morgan fingerprint density at radius 2 is 2.32 bits per heavy atom. The average molecular weight is 324 g/mol. The van der Waals surface area contributed by atoms with E-state index in [1.807, 2.05) is 7.05 Å². The van der Waals surface area contributed by atoms with E-state index in [4.69, 9.17) is 0 Å². The van der Waals surface area contributed by atoms with Crippen LogP contribution in [0, 0.1) is 5.92 Å². The van der Waals surface area contributed by atoms with Crippen molar-refractivity contribution in [3.63, 3.8) is 0 Å². The molecule has 22 heavy (non-hydrogen) atoms. The normalized spacial score (nSPS) is 19.9. The van der Waals surface area contributed by atoms with Gasteiger partial charge >= 0.3 is 0 Å². The highest BCUT2D eigenvalue weighted by Crippen LogP contribution is 2.17. The Balaban J connectivity index is 1.73. The largest absolute Gasteiger partial charge is 0.356 e. The maximum absolute atomic E-state index is 4.64. The van der Waals surface area contributed by atoms with Crippen molar-refractivity contribution in [1.82, 2.24) is 20.5 Å². The van der Waals surface area contributed by atoms with Gasteiger partial charge in [0.15, 0.2) is 5.96 Å². The highest BCUT2D eigenvalue weighted by Gasteiger charge is 2.20. The summed E-state index contributed by atoms with van der Waals surface area (Å²) in [5.41, 5.74) is 1.18. The zero-order chi connectivity index (χ0) is 15.9. The summed E-state index contributed by atoms with van der Waals surface area (Å²) in [6, 6.07) is 0. The molecule has 5 nitrogen and oxygen atoms in total. The van der Waals surface area contributed by atoms with E-state index < -0.39 is 0 Å². The molecule has 1 fully saturated rings. The summed E-state index contributed by atoms with van der Waals surface area (Å²) in [6.45, 7) is 11.9. The molecule has 1 aliphatic heterocycles. The molecule has 0 aliphatic carbocycles. The van der Waals surface area contributed by atoms with E-state index in [0.29, 0.717) is 5.92 Å². The van der Waals surface area contributed by atoms with Gasteiger partial charge in [0.1, 0.15) is 5.01 Å². The van der Waals surface area contributed by atoms with Gasteiger partial charge in [-0.25, -0.2) is 4.98 Å². The van der Waals surface area contributed by atoms with Crippen molar-refractivity contribution in [2.45, 2.75) is 39.7 Å². The topological polar surface area (TPSA) is 52.5 Å². The quantitative estimate of drug-likeness (QED) is 0.623. The summed E-state index contributed by atoms with van der Waals surface area (Å²) < 4.78 is 0. The molecule has 1 unspecified atom stereocenters. The Kier molecular flexibility index (Phi) is 6.64. The Labute approximate surface area is 138 Å². The standard InChI is InChI=1S/C16H29N5S/c1-5-21-7-6-13(10-21)8-18-16(17-4)19-9-15-20-14(11-22-15)12(2)3/h11-13H,5-10H2,1-4H3,(H2,17,18,19). The fourth-order valence-electron chi connectivity index (χ4n) is 2.66. The van der Waals surface area contributed by atoms with E-state index in [-0.39, 0.29) is 0 Å². The molecule has 1 atom stereocenters. The van der Waals surface area contributed by atoms with Gasteiger partial charge in [0.25, 0.3) is 0 Å². The van der Waals surface area contributed by atoms with Crippen LogP contribution in [0.25, 0.3) is 0 Å². The molecule has 6 heteroatoms. The third kappa shape index (κ3) is 4.95. The van der Waals surface area contributed by atoms with Crippen molar-refractivity contribution >= 4 is 17.3 Å². The smallest absolute Gasteiger partial charge is 0.191 e. The molecule has 2 heterocycles. The molecule has 0 spiro atoms. The number of hydrogen-bond acceptors (Lipinski definition) is 4. The molecule has 124 valence electrons. The van der Waals surface area contributed by atoms with Crippen molar-refractivity contribution in [3.05, 3.63) is 16.1 Å². The molecular weight excluding hydrogens is 294 g/mol. The minimum absolute atomic E-state index is 0.492. The summed E-state index contributed by atoms with van der Waals surface area (Å²) in [6.07, 6.45) is 1.28. The van der Waals surface area contributed by atoms with E-state index in [2.05, 4.69) is 51.7 Å². The monoisotopic (exact) mass is 323 g/mol. The number of likely N-dealkylation sites (tertiary alicyclic amines) is 1. The van der Waals surface area contributed by atoms with Crippen LogP contribution < -0.4 is 10.6 Å². The van der Waals surface area contributed by atoms with E-state index in [9.17, 15) is 0 Å². The second kappa shape index (κ2) is 8.48. The van der Waals surface area contributed by atoms with Gasteiger partial charge in [0.2, 0.25) is 0 Å². The molecule has 2 N–H and O–H groups in total. The molecule has 2 rings (SSSR count). The lowest BCUT2D eigenvalue weighted by molar-refractivity contribution is 0.342. The van der Waals surface area contributed by atoms with Crippen LogP contribution in [0.3, 0.4) is 0 Å². The number of aromatic nitrogens is 1. The van der Waals surface area contributed by atoms with Crippen molar-refractivity contribution in [2.24, 2.45) is 10.9 Å². The number of thiazole rings is 1.